The molecule has 0 bridgehead atoms. The molecular weight excluding hydrogens is 395 g/mol. The first-order valence-electron chi connectivity index (χ1n) is 7.87. The van der Waals surface area contributed by atoms with E-state index in [-0.39, 0.29) is 16.7 Å². The first-order valence-corrected chi connectivity index (χ1v) is 9.40. The van der Waals surface area contributed by atoms with Gasteiger partial charge in [-0.05, 0) is 20.8 Å². The lowest BCUT2D eigenvalue weighted by Gasteiger charge is -2.31. The molecule has 0 saturated heterocycles. The Morgan fingerprint density at radius 1 is 0.750 bits per heavy atom. The molecule has 158 valence electrons. The molecule has 0 aliphatic carbocycles. The summed E-state index contributed by atoms with van der Waals surface area (Å²) >= 11 is 0. The van der Waals surface area contributed by atoms with Crippen LogP contribution in [-0.2, 0) is 37.7 Å². The third kappa shape index (κ3) is 10.2. The van der Waals surface area contributed by atoms with Crippen LogP contribution in [0.4, 0.5) is 0 Å². The average Bonchev–Trinajstić information content (AvgIpc) is 2.58. The van der Waals surface area contributed by atoms with Crippen LogP contribution in [0.3, 0.4) is 0 Å². The second-order valence-corrected chi connectivity index (χ2v) is 7.57. The van der Waals surface area contributed by atoms with E-state index in [1.54, 1.807) is 0 Å². The van der Waals surface area contributed by atoms with Gasteiger partial charge in [0.05, 0.1) is 12.0 Å². The molecule has 28 heavy (non-hydrogen) atoms. The molecule has 11 heteroatoms. The Bertz CT molecular complexity index is 629. The molecule has 10 nitrogen and oxygen atoms in total. The lowest BCUT2D eigenvalue weighted by Crippen LogP contribution is -2.43. The number of carbonyl (C=O) groups is 3. The van der Waals surface area contributed by atoms with Gasteiger partial charge in [0, 0.05) is 16.7 Å². The lowest BCUT2D eigenvalue weighted by molar-refractivity contribution is -0.159. The van der Waals surface area contributed by atoms with E-state index in [0.717, 1.165) is 0 Å². The molecule has 0 aromatic rings. The molecular formula is C17H25O10P. The first-order chi connectivity index (χ1) is 12.7. The molecule has 0 aliphatic rings. The summed E-state index contributed by atoms with van der Waals surface area (Å²) < 4.78 is 30.7. The number of rotatable bonds is 12. The number of hydrogen-bond acceptors (Lipinski definition) is 8. The first kappa shape index (κ1) is 25.7. The summed E-state index contributed by atoms with van der Waals surface area (Å²) in [5, 5.41) is 0. The van der Waals surface area contributed by atoms with Crippen molar-refractivity contribution in [2.75, 3.05) is 26.4 Å². The van der Waals surface area contributed by atoms with Crippen LogP contribution in [0, 0.1) is 5.41 Å². The van der Waals surface area contributed by atoms with Gasteiger partial charge in [-0.3, -0.25) is 4.52 Å². The highest BCUT2D eigenvalue weighted by Crippen LogP contribution is 2.38. The molecule has 0 aliphatic heterocycles. The highest BCUT2D eigenvalue weighted by molar-refractivity contribution is 7.46. The summed E-state index contributed by atoms with van der Waals surface area (Å²) in [7, 11) is -4.94. The van der Waals surface area contributed by atoms with E-state index in [9.17, 15) is 18.9 Å². The van der Waals surface area contributed by atoms with Crippen molar-refractivity contribution < 1.29 is 47.5 Å². The lowest BCUT2D eigenvalue weighted by atomic mass is 9.92. The van der Waals surface area contributed by atoms with Crippen molar-refractivity contribution in [2.24, 2.45) is 5.41 Å². The monoisotopic (exact) mass is 420 g/mol. The quantitative estimate of drug-likeness (QED) is 0.206. The normalized spacial score (nSPS) is 11.3. The predicted octanol–water partition coefficient (Wildman–Crippen LogP) is 1.44. The van der Waals surface area contributed by atoms with E-state index in [1.807, 2.05) is 0 Å². The van der Waals surface area contributed by atoms with Crippen LogP contribution in [0.2, 0.25) is 0 Å². The van der Waals surface area contributed by atoms with Gasteiger partial charge in [0.25, 0.3) is 0 Å². The molecule has 0 spiro atoms. The molecule has 0 radical (unpaired) electrons. The van der Waals surface area contributed by atoms with Crippen LogP contribution >= 0.6 is 7.82 Å². The third-order valence-electron chi connectivity index (χ3n) is 3.11. The molecule has 0 saturated carbocycles. The van der Waals surface area contributed by atoms with Crippen molar-refractivity contribution in [2.45, 2.75) is 20.8 Å². The number of ether oxygens (including phenoxy) is 3. The van der Waals surface area contributed by atoms with Gasteiger partial charge in [-0.15, -0.1) is 0 Å². The van der Waals surface area contributed by atoms with E-state index < -0.39 is 57.6 Å². The summed E-state index contributed by atoms with van der Waals surface area (Å²) in [5.41, 5.74) is -1.43. The molecule has 0 atom stereocenters. The van der Waals surface area contributed by atoms with Crippen molar-refractivity contribution in [3.63, 3.8) is 0 Å². The number of phosphoric ester groups is 1. The fourth-order valence-corrected chi connectivity index (χ4v) is 1.94. The Labute approximate surface area is 163 Å². The van der Waals surface area contributed by atoms with Crippen LogP contribution in [0.1, 0.15) is 20.8 Å². The zero-order chi connectivity index (χ0) is 22.1. The summed E-state index contributed by atoms with van der Waals surface area (Å²) in [4.78, 5) is 53.2. The number of hydrogen-bond donors (Lipinski definition) is 2. The Morgan fingerprint density at radius 3 is 1.25 bits per heavy atom. The maximum absolute atomic E-state index is 11.7. The van der Waals surface area contributed by atoms with Gasteiger partial charge in [-0.1, -0.05) is 19.7 Å². The van der Waals surface area contributed by atoms with Gasteiger partial charge in [-0.2, -0.15) is 0 Å². The van der Waals surface area contributed by atoms with Crippen LogP contribution in [0.5, 0.6) is 0 Å². The minimum atomic E-state index is -4.94. The minimum absolute atomic E-state index is 0.0580. The van der Waals surface area contributed by atoms with Gasteiger partial charge in [0.1, 0.15) is 19.8 Å². The van der Waals surface area contributed by atoms with Gasteiger partial charge >= 0.3 is 25.7 Å². The van der Waals surface area contributed by atoms with E-state index in [2.05, 4.69) is 24.3 Å². The van der Waals surface area contributed by atoms with Crippen LogP contribution in [0.25, 0.3) is 0 Å². The van der Waals surface area contributed by atoms with Crippen molar-refractivity contribution in [3.8, 4) is 0 Å². The fraction of sp³-hybridized carbons (Fsp3) is 0.471. The molecule has 0 heterocycles. The van der Waals surface area contributed by atoms with E-state index in [1.165, 1.54) is 20.8 Å². The van der Waals surface area contributed by atoms with Gasteiger partial charge < -0.3 is 24.0 Å². The fourth-order valence-electron chi connectivity index (χ4n) is 1.50. The van der Waals surface area contributed by atoms with Crippen molar-refractivity contribution in [1.29, 1.82) is 0 Å². The summed E-state index contributed by atoms with van der Waals surface area (Å²) in [6, 6.07) is 0. The molecule has 0 aromatic heterocycles. The van der Waals surface area contributed by atoms with Crippen LogP contribution in [0.15, 0.2) is 36.5 Å². The zero-order valence-electron chi connectivity index (χ0n) is 16.1. The van der Waals surface area contributed by atoms with E-state index >= 15 is 0 Å². The summed E-state index contributed by atoms with van der Waals surface area (Å²) in [5.74, 6) is -2.42. The maximum Gasteiger partial charge on any atom is 0.469 e. The Morgan fingerprint density at radius 2 is 1.04 bits per heavy atom. The second-order valence-electron chi connectivity index (χ2n) is 6.33. The summed E-state index contributed by atoms with van der Waals surface area (Å²) in [6.45, 7) is 12.0. The van der Waals surface area contributed by atoms with Gasteiger partial charge in [-0.25, -0.2) is 18.9 Å². The second kappa shape index (κ2) is 10.9. The Balaban J connectivity index is 5.65. The van der Waals surface area contributed by atoms with Crippen molar-refractivity contribution in [1.82, 2.24) is 0 Å². The Kier molecular flexibility index (Phi) is 10.0. The Hall–Kier alpha value is -2.26. The molecule has 0 fully saturated rings. The molecule has 0 rings (SSSR count). The smallest absolute Gasteiger partial charge is 0.461 e. The molecule has 0 amide bonds. The number of carbonyl (C=O) groups excluding carboxylic acids is 3. The van der Waals surface area contributed by atoms with E-state index in [0.29, 0.717) is 0 Å². The minimum Gasteiger partial charge on any atom is -0.461 e. The van der Waals surface area contributed by atoms with Crippen molar-refractivity contribution >= 4 is 25.7 Å². The average molecular weight is 420 g/mol. The SMILES string of the molecule is C=C(C)C(=O)OCC(COC(=O)C(=C)C)(COC(=O)C(=C)C)COP(=O)(O)O. The number of esters is 3. The molecule has 0 aromatic carbocycles. The van der Waals surface area contributed by atoms with Crippen molar-refractivity contribution in [3.05, 3.63) is 36.5 Å². The van der Waals surface area contributed by atoms with Gasteiger partial charge in [0.15, 0.2) is 0 Å². The van der Waals surface area contributed by atoms with Crippen LogP contribution in [-0.4, -0.2) is 54.1 Å². The zero-order valence-corrected chi connectivity index (χ0v) is 17.0. The topological polar surface area (TPSA) is 146 Å². The molecule has 2 N–H and O–H groups in total. The van der Waals surface area contributed by atoms with Gasteiger partial charge in [0.2, 0.25) is 0 Å². The highest BCUT2D eigenvalue weighted by Gasteiger charge is 2.39. The largest absolute Gasteiger partial charge is 0.469 e. The number of phosphoric acid groups is 1. The van der Waals surface area contributed by atoms with Crippen LogP contribution < -0.4 is 0 Å². The summed E-state index contributed by atoms with van der Waals surface area (Å²) in [6.07, 6.45) is 0. The van der Waals surface area contributed by atoms with E-state index in [4.69, 9.17) is 24.0 Å². The predicted molar refractivity (Wildman–Crippen MR) is 97.7 cm³/mol. The highest BCUT2D eigenvalue weighted by atomic mass is 31.2. The third-order valence-corrected chi connectivity index (χ3v) is 3.58. The maximum atomic E-state index is 11.7. The molecule has 0 unspecified atom stereocenters. The standard InChI is InChI=1S/C17H25O10P/c1-11(2)14(18)24-7-17(10-27-28(21,22)23,8-25-15(19)12(3)4)9-26-16(20)13(5)6/h1,3,5,7-10H2,2,4,6H3,(H2,21,22,23).